The second-order valence-corrected chi connectivity index (χ2v) is 6.83. The van der Waals surface area contributed by atoms with Gasteiger partial charge in [-0.05, 0) is 37.5 Å². The number of carbonyl (C=O) groups excluding carboxylic acids is 1. The fourth-order valence-electron chi connectivity index (χ4n) is 3.02. The first kappa shape index (κ1) is 12.1. The van der Waals surface area contributed by atoms with Crippen molar-refractivity contribution in [3.63, 3.8) is 0 Å². The first-order valence-electron chi connectivity index (χ1n) is 6.73. The third-order valence-electron chi connectivity index (χ3n) is 4.05. The highest BCUT2D eigenvalue weighted by atomic mass is 16.1. The van der Waals surface area contributed by atoms with E-state index in [0.29, 0.717) is 29.2 Å². The van der Waals surface area contributed by atoms with Crippen LogP contribution in [-0.2, 0) is 4.79 Å². The molecule has 2 bridgehead atoms. The fraction of sp³-hybridized carbons (Fsp3) is 0.929. The van der Waals surface area contributed by atoms with Crippen molar-refractivity contribution < 1.29 is 4.79 Å². The van der Waals surface area contributed by atoms with Gasteiger partial charge in [0.05, 0.1) is 0 Å². The van der Waals surface area contributed by atoms with Crippen LogP contribution in [0.5, 0.6) is 0 Å². The third-order valence-corrected chi connectivity index (χ3v) is 4.05. The Hall–Kier alpha value is -0.370. The first-order chi connectivity index (χ1) is 7.44. The number of piperidine rings is 1. The number of Topliss-reactive ketones (excluding diaryl/α,β-unsaturated/α-hetero) is 1. The maximum atomic E-state index is 12.1. The van der Waals surface area contributed by atoms with Crippen LogP contribution in [0.4, 0.5) is 0 Å². The Morgan fingerprint density at radius 2 is 1.75 bits per heavy atom. The van der Waals surface area contributed by atoms with Crippen LogP contribution in [0.2, 0.25) is 0 Å². The highest BCUT2D eigenvalue weighted by molar-refractivity contribution is 5.81. The Bertz CT molecular complexity index is 254. The highest BCUT2D eigenvalue weighted by Gasteiger charge is 2.36. The van der Waals surface area contributed by atoms with Crippen molar-refractivity contribution >= 4 is 5.78 Å². The van der Waals surface area contributed by atoms with E-state index >= 15 is 0 Å². The van der Waals surface area contributed by atoms with Crippen LogP contribution in [0.3, 0.4) is 0 Å². The second kappa shape index (κ2) is 4.48. The van der Waals surface area contributed by atoms with E-state index in [1.54, 1.807) is 0 Å². The molecule has 0 saturated carbocycles. The molecule has 92 valence electrons. The van der Waals surface area contributed by atoms with Crippen molar-refractivity contribution in [2.24, 2.45) is 11.3 Å². The molecule has 2 nitrogen and oxygen atoms in total. The summed E-state index contributed by atoms with van der Waals surface area (Å²) in [5, 5.41) is 3.60. The van der Waals surface area contributed by atoms with Gasteiger partial charge in [0.15, 0.2) is 0 Å². The standard InChI is InChI=1S/C14H25NO/c1-14(2,3)7-6-13(16)10-8-11-4-5-12(9-10)15-11/h10-12,15H,4-9H2,1-3H3. The molecule has 0 spiro atoms. The molecule has 0 aromatic heterocycles. The molecule has 2 aliphatic heterocycles. The Morgan fingerprint density at radius 1 is 1.19 bits per heavy atom. The van der Waals surface area contributed by atoms with E-state index < -0.39 is 0 Å². The smallest absolute Gasteiger partial charge is 0.136 e. The molecule has 0 aromatic carbocycles. The summed E-state index contributed by atoms with van der Waals surface area (Å²) in [6.07, 6.45) is 6.58. The van der Waals surface area contributed by atoms with Gasteiger partial charge in [-0.15, -0.1) is 0 Å². The van der Waals surface area contributed by atoms with Crippen molar-refractivity contribution in [2.75, 3.05) is 0 Å². The summed E-state index contributed by atoms with van der Waals surface area (Å²) >= 11 is 0. The van der Waals surface area contributed by atoms with Gasteiger partial charge in [-0.1, -0.05) is 20.8 Å². The number of rotatable bonds is 3. The molecule has 2 unspecified atom stereocenters. The molecule has 2 saturated heterocycles. The van der Waals surface area contributed by atoms with Crippen LogP contribution in [0.1, 0.15) is 59.3 Å². The van der Waals surface area contributed by atoms with Crippen LogP contribution in [0.25, 0.3) is 0 Å². The molecule has 2 aliphatic rings. The largest absolute Gasteiger partial charge is 0.311 e. The average molecular weight is 223 g/mol. The van der Waals surface area contributed by atoms with Crippen molar-refractivity contribution in [1.29, 1.82) is 0 Å². The van der Waals surface area contributed by atoms with Gasteiger partial charge >= 0.3 is 0 Å². The molecule has 0 aliphatic carbocycles. The van der Waals surface area contributed by atoms with E-state index in [9.17, 15) is 4.79 Å². The molecule has 2 heterocycles. The van der Waals surface area contributed by atoms with E-state index in [0.717, 1.165) is 25.7 Å². The lowest BCUT2D eigenvalue weighted by Gasteiger charge is -2.29. The molecule has 16 heavy (non-hydrogen) atoms. The maximum absolute atomic E-state index is 12.1. The molecule has 2 fully saturated rings. The molecular formula is C14H25NO. The Morgan fingerprint density at radius 3 is 2.25 bits per heavy atom. The zero-order valence-corrected chi connectivity index (χ0v) is 10.9. The van der Waals surface area contributed by atoms with Crippen LogP contribution >= 0.6 is 0 Å². The molecule has 0 amide bonds. The maximum Gasteiger partial charge on any atom is 0.136 e. The molecule has 0 radical (unpaired) electrons. The third kappa shape index (κ3) is 3.07. The van der Waals surface area contributed by atoms with E-state index in [1.807, 2.05) is 0 Å². The lowest BCUT2D eigenvalue weighted by Crippen LogP contribution is -2.40. The number of fused-ring (bicyclic) bond motifs is 2. The van der Waals surface area contributed by atoms with Gasteiger partial charge < -0.3 is 5.32 Å². The van der Waals surface area contributed by atoms with Crippen LogP contribution in [-0.4, -0.2) is 17.9 Å². The minimum atomic E-state index is 0.293. The van der Waals surface area contributed by atoms with E-state index in [-0.39, 0.29) is 0 Å². The normalized spacial score (nSPS) is 34.1. The van der Waals surface area contributed by atoms with Crippen molar-refractivity contribution in [3.05, 3.63) is 0 Å². The van der Waals surface area contributed by atoms with Crippen LogP contribution < -0.4 is 5.32 Å². The Kier molecular flexibility index (Phi) is 3.39. The van der Waals surface area contributed by atoms with Crippen molar-refractivity contribution in [2.45, 2.75) is 71.4 Å². The number of hydrogen-bond donors (Lipinski definition) is 1. The summed E-state index contributed by atoms with van der Waals surface area (Å²) in [6.45, 7) is 6.64. The summed E-state index contributed by atoms with van der Waals surface area (Å²) in [5.74, 6) is 0.884. The van der Waals surface area contributed by atoms with Crippen molar-refractivity contribution in [3.8, 4) is 0 Å². The monoisotopic (exact) mass is 223 g/mol. The minimum absolute atomic E-state index is 0.293. The number of ketones is 1. The zero-order valence-electron chi connectivity index (χ0n) is 10.9. The molecule has 2 atom stereocenters. The van der Waals surface area contributed by atoms with E-state index in [1.165, 1.54) is 12.8 Å². The fourth-order valence-corrected chi connectivity index (χ4v) is 3.02. The van der Waals surface area contributed by atoms with Gasteiger partial charge in [0.1, 0.15) is 5.78 Å². The van der Waals surface area contributed by atoms with Gasteiger partial charge in [-0.2, -0.15) is 0 Å². The van der Waals surface area contributed by atoms with E-state index in [2.05, 4.69) is 26.1 Å². The highest BCUT2D eigenvalue weighted by Crippen LogP contribution is 2.33. The van der Waals surface area contributed by atoms with Gasteiger partial charge in [0.2, 0.25) is 0 Å². The summed E-state index contributed by atoms with van der Waals surface area (Å²) in [7, 11) is 0. The lowest BCUT2D eigenvalue weighted by atomic mass is 9.83. The van der Waals surface area contributed by atoms with Crippen LogP contribution in [0.15, 0.2) is 0 Å². The van der Waals surface area contributed by atoms with Gasteiger partial charge in [-0.25, -0.2) is 0 Å². The Labute approximate surface area is 99.2 Å². The number of hydrogen-bond acceptors (Lipinski definition) is 2. The zero-order chi connectivity index (χ0) is 11.8. The second-order valence-electron chi connectivity index (χ2n) is 6.83. The van der Waals surface area contributed by atoms with Gasteiger partial charge in [0.25, 0.3) is 0 Å². The Balaban J connectivity index is 1.81. The molecule has 2 rings (SSSR count). The summed E-state index contributed by atoms with van der Waals surface area (Å²) in [6, 6.07) is 1.28. The predicted octanol–water partition coefficient (Wildman–Crippen LogP) is 2.91. The van der Waals surface area contributed by atoms with Gasteiger partial charge in [0, 0.05) is 24.4 Å². The van der Waals surface area contributed by atoms with Gasteiger partial charge in [-0.3, -0.25) is 4.79 Å². The molecule has 0 aromatic rings. The predicted molar refractivity (Wildman–Crippen MR) is 66.4 cm³/mol. The topological polar surface area (TPSA) is 29.1 Å². The van der Waals surface area contributed by atoms with Crippen molar-refractivity contribution in [1.82, 2.24) is 5.32 Å². The molecule has 2 heteroatoms. The summed E-state index contributed by atoms with van der Waals surface area (Å²) in [4.78, 5) is 12.1. The lowest BCUT2D eigenvalue weighted by molar-refractivity contribution is -0.124. The average Bonchev–Trinajstić information content (AvgIpc) is 2.53. The minimum Gasteiger partial charge on any atom is -0.311 e. The van der Waals surface area contributed by atoms with E-state index in [4.69, 9.17) is 0 Å². The summed E-state index contributed by atoms with van der Waals surface area (Å²) in [5.41, 5.74) is 0.293. The summed E-state index contributed by atoms with van der Waals surface area (Å²) < 4.78 is 0. The first-order valence-corrected chi connectivity index (χ1v) is 6.73. The SMILES string of the molecule is CC(C)(C)CCC(=O)C1CC2CCC(C1)N2. The van der Waals surface area contributed by atoms with Crippen LogP contribution in [0, 0.1) is 11.3 Å². The molecule has 1 N–H and O–H groups in total. The number of nitrogens with one attached hydrogen (secondary N) is 1. The quantitative estimate of drug-likeness (QED) is 0.797. The molecular weight excluding hydrogens is 198 g/mol. The number of carbonyl (C=O) groups is 1.